The minimum Gasteiger partial charge on any atom is -0.447 e. The van der Waals surface area contributed by atoms with Gasteiger partial charge < -0.3 is 15.5 Å². The number of nitrogens with one attached hydrogen (secondary N) is 1. The second-order valence-electron chi connectivity index (χ2n) is 1.46. The monoisotopic (exact) mass is 112 g/mol. The Morgan fingerprint density at radius 2 is 2.50 bits per heavy atom. The van der Waals surface area contributed by atoms with E-state index in [1.807, 2.05) is 0 Å². The largest absolute Gasteiger partial charge is 0.447 e. The molecule has 0 bridgehead atoms. The molecule has 0 aromatic carbocycles. The average molecular weight is 112 g/mol. The van der Waals surface area contributed by atoms with Crippen LogP contribution in [0.5, 0.6) is 0 Å². The lowest BCUT2D eigenvalue weighted by Gasteiger charge is -1.91. The van der Waals surface area contributed by atoms with Gasteiger partial charge >= 0.3 is 0 Å². The van der Waals surface area contributed by atoms with E-state index in [2.05, 4.69) is 5.32 Å². The molecule has 0 unspecified atom stereocenters. The third-order valence-electron chi connectivity index (χ3n) is 0.923. The van der Waals surface area contributed by atoms with Crippen LogP contribution in [0.1, 0.15) is 0 Å². The number of rotatable bonds is 1. The minimum atomic E-state index is 0.630. The first-order valence-electron chi connectivity index (χ1n) is 2.35. The summed E-state index contributed by atoms with van der Waals surface area (Å²) in [4.78, 5) is 0. The molecule has 44 valence electrons. The van der Waals surface area contributed by atoms with E-state index in [0.717, 1.165) is 0 Å². The van der Waals surface area contributed by atoms with Gasteiger partial charge in [-0.25, -0.2) is 0 Å². The minimum absolute atomic E-state index is 0.630. The van der Waals surface area contributed by atoms with Crippen LogP contribution < -0.4 is 11.1 Å². The maximum atomic E-state index is 5.39. The van der Waals surface area contributed by atoms with E-state index in [9.17, 15) is 0 Å². The zero-order chi connectivity index (χ0) is 5.98. The molecule has 0 aliphatic carbocycles. The highest BCUT2D eigenvalue weighted by Gasteiger charge is 1.94. The van der Waals surface area contributed by atoms with E-state index < -0.39 is 0 Å². The van der Waals surface area contributed by atoms with Crippen molar-refractivity contribution in [3.63, 3.8) is 0 Å². The van der Waals surface area contributed by atoms with Crippen molar-refractivity contribution in [1.29, 1.82) is 0 Å². The normalized spacial score (nSPS) is 9.12. The number of nitrogens with two attached hydrogens (primary N) is 1. The van der Waals surface area contributed by atoms with Gasteiger partial charge in [0.15, 0.2) is 0 Å². The van der Waals surface area contributed by atoms with Crippen LogP contribution in [0.4, 0.5) is 11.6 Å². The van der Waals surface area contributed by atoms with E-state index in [4.69, 9.17) is 10.2 Å². The average Bonchev–Trinajstić information content (AvgIpc) is 2.14. The van der Waals surface area contributed by atoms with E-state index >= 15 is 0 Å². The third kappa shape index (κ3) is 0.621. The zero-order valence-electron chi connectivity index (χ0n) is 4.64. The summed E-state index contributed by atoms with van der Waals surface area (Å²) in [5.41, 5.74) is 6.04. The van der Waals surface area contributed by atoms with E-state index in [1.54, 1.807) is 19.4 Å². The van der Waals surface area contributed by atoms with Crippen molar-refractivity contribution in [2.24, 2.45) is 0 Å². The lowest BCUT2D eigenvalue weighted by atomic mass is 10.5. The molecule has 0 amide bonds. The molecule has 0 atom stereocenters. The van der Waals surface area contributed by atoms with Gasteiger partial charge in [0.1, 0.15) is 0 Å². The van der Waals surface area contributed by atoms with Crippen molar-refractivity contribution in [2.45, 2.75) is 0 Å². The quantitative estimate of drug-likeness (QED) is 0.567. The molecular weight excluding hydrogens is 104 g/mol. The summed E-state index contributed by atoms with van der Waals surface area (Å²) >= 11 is 0. The predicted molar refractivity (Wildman–Crippen MR) is 32.7 cm³/mol. The van der Waals surface area contributed by atoms with Crippen molar-refractivity contribution < 1.29 is 4.42 Å². The maximum Gasteiger partial charge on any atom is 0.215 e. The van der Waals surface area contributed by atoms with Crippen LogP contribution in [0, 0.1) is 0 Å². The molecule has 1 aromatic rings. The molecule has 1 aromatic heterocycles. The highest BCUT2D eigenvalue weighted by atomic mass is 16.3. The van der Waals surface area contributed by atoms with Crippen molar-refractivity contribution in [2.75, 3.05) is 18.1 Å². The lowest BCUT2D eigenvalue weighted by molar-refractivity contribution is 0.584. The third-order valence-corrected chi connectivity index (χ3v) is 0.923. The van der Waals surface area contributed by atoms with Gasteiger partial charge in [0, 0.05) is 13.1 Å². The number of hydrogen-bond acceptors (Lipinski definition) is 3. The van der Waals surface area contributed by atoms with Crippen molar-refractivity contribution in [1.82, 2.24) is 0 Å². The number of nitrogen functional groups attached to an aromatic ring is 1. The molecule has 0 aliphatic rings. The first-order chi connectivity index (χ1) is 3.84. The fourth-order valence-electron chi connectivity index (χ4n) is 0.522. The second-order valence-corrected chi connectivity index (χ2v) is 1.46. The zero-order valence-corrected chi connectivity index (χ0v) is 4.64. The van der Waals surface area contributed by atoms with E-state index in [-0.39, 0.29) is 0 Å². The van der Waals surface area contributed by atoms with Gasteiger partial charge in [-0.1, -0.05) is 0 Å². The smallest absolute Gasteiger partial charge is 0.215 e. The first-order valence-corrected chi connectivity index (χ1v) is 2.35. The summed E-state index contributed by atoms with van der Waals surface area (Å²) in [7, 11) is 1.76. The Bertz CT molecular complexity index is 171. The molecule has 8 heavy (non-hydrogen) atoms. The number of hydrogen-bond donors (Lipinski definition) is 2. The highest BCUT2D eigenvalue weighted by molar-refractivity contribution is 5.58. The number of furan rings is 1. The van der Waals surface area contributed by atoms with Gasteiger partial charge in [-0.15, -0.1) is 0 Å². The van der Waals surface area contributed by atoms with Crippen molar-refractivity contribution in [3.05, 3.63) is 12.3 Å². The summed E-state index contributed by atoms with van der Waals surface area (Å²) in [5, 5.41) is 2.78. The Morgan fingerprint density at radius 3 is 2.75 bits per heavy atom. The Kier molecular flexibility index (Phi) is 1.12. The molecule has 1 heterocycles. The fourth-order valence-corrected chi connectivity index (χ4v) is 0.522. The van der Waals surface area contributed by atoms with Crippen LogP contribution >= 0.6 is 0 Å². The first kappa shape index (κ1) is 5.03. The SMILES string of the molecule is CNc1occc1N. The van der Waals surface area contributed by atoms with Crippen LogP contribution in [0.15, 0.2) is 16.7 Å². The van der Waals surface area contributed by atoms with Gasteiger partial charge in [0.05, 0.1) is 12.0 Å². The van der Waals surface area contributed by atoms with Gasteiger partial charge in [0.25, 0.3) is 0 Å². The van der Waals surface area contributed by atoms with Gasteiger partial charge in [-0.2, -0.15) is 0 Å². The fraction of sp³-hybridized carbons (Fsp3) is 0.200. The maximum absolute atomic E-state index is 5.39. The molecule has 0 saturated heterocycles. The predicted octanol–water partition coefficient (Wildman–Crippen LogP) is 0.903. The van der Waals surface area contributed by atoms with Gasteiger partial charge in [-0.3, -0.25) is 0 Å². The van der Waals surface area contributed by atoms with Crippen LogP contribution in [-0.2, 0) is 0 Å². The molecular formula is C5H8N2O. The highest BCUT2D eigenvalue weighted by Crippen LogP contribution is 2.16. The van der Waals surface area contributed by atoms with Gasteiger partial charge in [-0.05, 0) is 0 Å². The molecule has 3 N–H and O–H groups in total. The summed E-state index contributed by atoms with van der Waals surface area (Å²) in [6.07, 6.45) is 1.54. The Balaban J connectivity index is 2.92. The second kappa shape index (κ2) is 1.78. The summed E-state index contributed by atoms with van der Waals surface area (Å²) in [6, 6.07) is 1.70. The molecule has 0 aliphatic heterocycles. The van der Waals surface area contributed by atoms with E-state index in [1.165, 1.54) is 0 Å². The molecule has 0 spiro atoms. The Morgan fingerprint density at radius 1 is 1.75 bits per heavy atom. The summed E-state index contributed by atoms with van der Waals surface area (Å²) in [6.45, 7) is 0. The molecule has 0 radical (unpaired) electrons. The molecule has 3 nitrogen and oxygen atoms in total. The van der Waals surface area contributed by atoms with Crippen LogP contribution in [-0.4, -0.2) is 7.05 Å². The molecule has 0 fully saturated rings. The summed E-state index contributed by atoms with van der Waals surface area (Å²) in [5.74, 6) is 0.630. The van der Waals surface area contributed by atoms with Crippen LogP contribution in [0.3, 0.4) is 0 Å². The standard InChI is InChI=1S/C5H8N2O/c1-7-5-4(6)2-3-8-5/h2-3,7H,6H2,1H3. The molecule has 3 heteroatoms. The Labute approximate surface area is 47.5 Å². The number of anilines is 2. The topological polar surface area (TPSA) is 51.2 Å². The van der Waals surface area contributed by atoms with Crippen LogP contribution in [0.2, 0.25) is 0 Å². The van der Waals surface area contributed by atoms with Gasteiger partial charge in [0.2, 0.25) is 5.88 Å². The van der Waals surface area contributed by atoms with Crippen molar-refractivity contribution >= 4 is 11.6 Å². The molecule has 0 saturated carbocycles. The lowest BCUT2D eigenvalue weighted by Crippen LogP contribution is -1.89. The Hall–Kier alpha value is -1.12. The summed E-state index contributed by atoms with van der Waals surface area (Å²) < 4.78 is 4.88. The molecule has 1 rings (SSSR count). The van der Waals surface area contributed by atoms with Crippen LogP contribution in [0.25, 0.3) is 0 Å². The van der Waals surface area contributed by atoms with Crippen molar-refractivity contribution in [3.8, 4) is 0 Å². The van der Waals surface area contributed by atoms with E-state index in [0.29, 0.717) is 11.6 Å².